The van der Waals surface area contributed by atoms with Gasteiger partial charge in [-0.1, -0.05) is 24.3 Å². The Morgan fingerprint density at radius 3 is 2.52 bits per heavy atom. The third-order valence-corrected chi connectivity index (χ3v) is 3.10. The van der Waals surface area contributed by atoms with E-state index in [1.54, 1.807) is 68.7 Å². The Balaban J connectivity index is 1.98. The summed E-state index contributed by atoms with van der Waals surface area (Å²) in [5.41, 5.74) is 3.94. The van der Waals surface area contributed by atoms with Crippen molar-refractivity contribution in [2.24, 2.45) is 5.10 Å². The summed E-state index contributed by atoms with van der Waals surface area (Å²) < 4.78 is 18.5. The Hall–Kier alpha value is -2.95. The number of ether oxygens (including phenoxy) is 1. The van der Waals surface area contributed by atoms with Crippen LogP contribution in [0.3, 0.4) is 0 Å². The van der Waals surface area contributed by atoms with Crippen molar-refractivity contribution in [3.8, 4) is 5.75 Å². The first-order valence-corrected chi connectivity index (χ1v) is 7.01. The highest BCUT2D eigenvalue weighted by Gasteiger charge is 2.04. The highest BCUT2D eigenvalue weighted by Crippen LogP contribution is 2.11. The Morgan fingerprint density at radius 1 is 1.17 bits per heavy atom. The zero-order chi connectivity index (χ0) is 16.7. The predicted octanol–water partition coefficient (Wildman–Crippen LogP) is 3.65. The number of hydrazone groups is 1. The van der Waals surface area contributed by atoms with E-state index in [0.29, 0.717) is 22.6 Å². The van der Waals surface area contributed by atoms with Gasteiger partial charge in [0.25, 0.3) is 5.91 Å². The number of amides is 1. The van der Waals surface area contributed by atoms with Crippen molar-refractivity contribution in [2.75, 3.05) is 7.11 Å². The van der Waals surface area contributed by atoms with Crippen LogP contribution < -0.4 is 10.2 Å². The number of allylic oxidation sites excluding steroid dienone is 1. The fraction of sp³-hybridized carbons (Fsp3) is 0.111. The lowest BCUT2D eigenvalue weighted by atomic mass is 10.2. The standard InChI is InChI=1S/C18H17FN2O2/c1-13(7-8-14-5-3-4-6-17(14)19)20-21-18(22)15-9-11-16(23-2)12-10-15/h3-12H,1-2H3,(H,21,22)/b8-7+,20-13-. The molecule has 2 aromatic carbocycles. The van der Waals surface area contributed by atoms with Crippen LogP contribution >= 0.6 is 0 Å². The molecule has 0 heterocycles. The maximum Gasteiger partial charge on any atom is 0.271 e. The van der Waals surface area contributed by atoms with Crippen molar-refractivity contribution >= 4 is 17.7 Å². The molecule has 0 aromatic heterocycles. The number of halogens is 1. The zero-order valence-corrected chi connectivity index (χ0v) is 12.9. The van der Waals surface area contributed by atoms with Crippen molar-refractivity contribution < 1.29 is 13.9 Å². The molecule has 118 valence electrons. The van der Waals surface area contributed by atoms with Gasteiger partial charge in [0.15, 0.2) is 0 Å². The summed E-state index contributed by atoms with van der Waals surface area (Å²) in [6.45, 7) is 1.71. The topological polar surface area (TPSA) is 50.7 Å². The van der Waals surface area contributed by atoms with Crippen LogP contribution in [-0.4, -0.2) is 18.7 Å². The van der Waals surface area contributed by atoms with Gasteiger partial charge in [0.1, 0.15) is 11.6 Å². The summed E-state index contributed by atoms with van der Waals surface area (Å²) in [6, 6.07) is 13.1. The number of methoxy groups -OCH3 is 1. The van der Waals surface area contributed by atoms with E-state index in [9.17, 15) is 9.18 Å². The molecule has 4 nitrogen and oxygen atoms in total. The largest absolute Gasteiger partial charge is 0.497 e. The van der Waals surface area contributed by atoms with Gasteiger partial charge in [-0.15, -0.1) is 0 Å². The molecule has 5 heteroatoms. The van der Waals surface area contributed by atoms with E-state index in [1.165, 1.54) is 6.07 Å². The first-order valence-electron chi connectivity index (χ1n) is 7.01. The Morgan fingerprint density at radius 2 is 1.87 bits per heavy atom. The van der Waals surface area contributed by atoms with E-state index in [2.05, 4.69) is 10.5 Å². The molecule has 0 unspecified atom stereocenters. The molecule has 0 radical (unpaired) electrons. The SMILES string of the molecule is COc1ccc(C(=O)N/N=C(C)\C=C\c2ccccc2F)cc1. The van der Waals surface area contributed by atoms with E-state index in [-0.39, 0.29) is 11.7 Å². The molecule has 0 aliphatic carbocycles. The molecule has 1 N–H and O–H groups in total. The molecule has 0 saturated heterocycles. The summed E-state index contributed by atoms with van der Waals surface area (Å²) in [5, 5.41) is 3.96. The minimum absolute atomic E-state index is 0.307. The van der Waals surface area contributed by atoms with Crippen LogP contribution in [0.15, 0.2) is 59.7 Å². The summed E-state index contributed by atoms with van der Waals surface area (Å²) in [6.07, 6.45) is 3.24. The van der Waals surface area contributed by atoms with Crippen molar-refractivity contribution in [3.05, 3.63) is 71.6 Å². The Bertz CT molecular complexity index is 737. The number of nitrogens with one attached hydrogen (secondary N) is 1. The molecule has 1 amide bonds. The number of carbonyl (C=O) groups is 1. The molecule has 0 saturated carbocycles. The van der Waals surface area contributed by atoms with Crippen LogP contribution in [0.25, 0.3) is 6.08 Å². The molecular formula is C18H17FN2O2. The minimum atomic E-state index is -0.328. The number of nitrogens with zero attached hydrogens (tertiary/aromatic N) is 1. The average Bonchev–Trinajstić information content (AvgIpc) is 2.59. The van der Waals surface area contributed by atoms with Crippen LogP contribution in [0.4, 0.5) is 4.39 Å². The Labute approximate surface area is 134 Å². The van der Waals surface area contributed by atoms with Crippen LogP contribution in [-0.2, 0) is 0 Å². The summed E-state index contributed by atoms with van der Waals surface area (Å²) >= 11 is 0. The third kappa shape index (κ3) is 4.78. The molecule has 0 fully saturated rings. The van der Waals surface area contributed by atoms with Gasteiger partial charge in [-0.2, -0.15) is 5.10 Å². The fourth-order valence-electron chi connectivity index (χ4n) is 1.80. The molecule has 2 rings (SSSR count). The number of benzene rings is 2. The van der Waals surface area contributed by atoms with E-state index in [1.807, 2.05) is 0 Å². The van der Waals surface area contributed by atoms with E-state index < -0.39 is 0 Å². The molecule has 0 bridgehead atoms. The highest BCUT2D eigenvalue weighted by atomic mass is 19.1. The zero-order valence-electron chi connectivity index (χ0n) is 12.9. The van der Waals surface area contributed by atoms with Crippen LogP contribution in [0.1, 0.15) is 22.8 Å². The van der Waals surface area contributed by atoms with Gasteiger partial charge in [-0.05, 0) is 43.3 Å². The van der Waals surface area contributed by atoms with Gasteiger partial charge in [-0.25, -0.2) is 9.82 Å². The fourth-order valence-corrected chi connectivity index (χ4v) is 1.80. The first-order chi connectivity index (χ1) is 11.1. The first kappa shape index (κ1) is 16.4. The van der Waals surface area contributed by atoms with Crippen molar-refractivity contribution in [1.82, 2.24) is 5.43 Å². The second kappa shape index (κ2) is 7.89. The second-order valence-electron chi connectivity index (χ2n) is 4.78. The highest BCUT2D eigenvalue weighted by molar-refractivity contribution is 5.99. The van der Waals surface area contributed by atoms with Crippen LogP contribution in [0.5, 0.6) is 5.75 Å². The quantitative estimate of drug-likeness (QED) is 0.677. The van der Waals surface area contributed by atoms with E-state index >= 15 is 0 Å². The maximum atomic E-state index is 13.5. The lowest BCUT2D eigenvalue weighted by molar-refractivity contribution is 0.0955. The van der Waals surface area contributed by atoms with Gasteiger partial charge in [-0.3, -0.25) is 4.79 Å². The van der Waals surface area contributed by atoms with Crippen LogP contribution in [0, 0.1) is 5.82 Å². The van der Waals surface area contributed by atoms with Gasteiger partial charge in [0, 0.05) is 11.1 Å². The molecular weight excluding hydrogens is 295 g/mol. The molecule has 0 aliphatic heterocycles. The molecule has 0 aliphatic rings. The lowest BCUT2D eigenvalue weighted by Gasteiger charge is -2.02. The molecule has 0 spiro atoms. The van der Waals surface area contributed by atoms with Crippen molar-refractivity contribution in [3.63, 3.8) is 0 Å². The van der Waals surface area contributed by atoms with Gasteiger partial charge < -0.3 is 4.74 Å². The molecule has 23 heavy (non-hydrogen) atoms. The number of hydrogen-bond donors (Lipinski definition) is 1. The molecule has 2 aromatic rings. The monoisotopic (exact) mass is 312 g/mol. The smallest absolute Gasteiger partial charge is 0.271 e. The summed E-state index contributed by atoms with van der Waals surface area (Å²) in [5.74, 6) is 0.0409. The number of carbonyl (C=O) groups excluding carboxylic acids is 1. The molecule has 0 atom stereocenters. The summed E-state index contributed by atoms with van der Waals surface area (Å²) in [4.78, 5) is 11.9. The predicted molar refractivity (Wildman–Crippen MR) is 89.0 cm³/mol. The van der Waals surface area contributed by atoms with E-state index in [4.69, 9.17) is 4.74 Å². The third-order valence-electron chi connectivity index (χ3n) is 3.10. The van der Waals surface area contributed by atoms with Gasteiger partial charge >= 0.3 is 0 Å². The van der Waals surface area contributed by atoms with Crippen molar-refractivity contribution in [1.29, 1.82) is 0 Å². The maximum absolute atomic E-state index is 13.5. The average molecular weight is 312 g/mol. The number of hydrogen-bond acceptors (Lipinski definition) is 3. The van der Waals surface area contributed by atoms with Gasteiger partial charge in [0.05, 0.1) is 12.8 Å². The van der Waals surface area contributed by atoms with Crippen LogP contribution in [0.2, 0.25) is 0 Å². The van der Waals surface area contributed by atoms with Crippen molar-refractivity contribution in [2.45, 2.75) is 6.92 Å². The number of rotatable bonds is 5. The lowest BCUT2D eigenvalue weighted by Crippen LogP contribution is -2.18. The Kier molecular flexibility index (Phi) is 5.63. The van der Waals surface area contributed by atoms with E-state index in [0.717, 1.165) is 0 Å². The normalized spacial score (nSPS) is 11.5. The second-order valence-corrected chi connectivity index (χ2v) is 4.78. The minimum Gasteiger partial charge on any atom is -0.497 e. The van der Waals surface area contributed by atoms with Gasteiger partial charge in [0.2, 0.25) is 0 Å². The summed E-state index contributed by atoms with van der Waals surface area (Å²) in [7, 11) is 1.56.